The molecule has 0 bridgehead atoms. The molecule has 2 amide bonds. The molecule has 6 heteroatoms. The molecule has 3 aromatic carbocycles. The van der Waals surface area contributed by atoms with Crippen LogP contribution in [0.15, 0.2) is 77.9 Å². The van der Waals surface area contributed by atoms with E-state index in [1.54, 1.807) is 49.4 Å². The number of nitrogens with one attached hydrogen (secondary N) is 2. The van der Waals surface area contributed by atoms with Gasteiger partial charge in [-0.2, -0.15) is 5.10 Å². The van der Waals surface area contributed by atoms with E-state index >= 15 is 0 Å². The number of nitrogens with two attached hydrogens (primary N) is 1. The van der Waals surface area contributed by atoms with Gasteiger partial charge < -0.3 is 11.1 Å². The first kappa shape index (κ1) is 19.8. The summed E-state index contributed by atoms with van der Waals surface area (Å²) in [6, 6.07) is 21.2. The van der Waals surface area contributed by atoms with Gasteiger partial charge in [-0.3, -0.25) is 9.59 Å². The summed E-state index contributed by atoms with van der Waals surface area (Å²) in [6.07, 6.45) is 0. The van der Waals surface area contributed by atoms with Gasteiger partial charge in [0.1, 0.15) is 0 Å². The highest BCUT2D eigenvalue weighted by Crippen LogP contribution is 2.13. The lowest BCUT2D eigenvalue weighted by Gasteiger charge is -2.07. The van der Waals surface area contributed by atoms with Crippen molar-refractivity contribution < 1.29 is 9.59 Å². The molecule has 6 nitrogen and oxygen atoms in total. The van der Waals surface area contributed by atoms with Gasteiger partial charge in [0, 0.05) is 22.5 Å². The Labute approximate surface area is 169 Å². The fourth-order valence-corrected chi connectivity index (χ4v) is 2.68. The fraction of sp³-hybridized carbons (Fsp3) is 0.0870. The van der Waals surface area contributed by atoms with Crippen LogP contribution in [0.3, 0.4) is 0 Å². The summed E-state index contributed by atoms with van der Waals surface area (Å²) in [5.41, 5.74) is 13.0. The van der Waals surface area contributed by atoms with Gasteiger partial charge in [-0.1, -0.05) is 29.8 Å². The van der Waals surface area contributed by atoms with Crippen molar-refractivity contribution in [2.24, 2.45) is 5.10 Å². The molecule has 0 heterocycles. The van der Waals surface area contributed by atoms with Gasteiger partial charge in [0.25, 0.3) is 11.8 Å². The third kappa shape index (κ3) is 5.29. The Kier molecular flexibility index (Phi) is 6.04. The summed E-state index contributed by atoms with van der Waals surface area (Å²) in [7, 11) is 0. The first-order valence-electron chi connectivity index (χ1n) is 9.11. The molecule has 3 rings (SSSR count). The van der Waals surface area contributed by atoms with E-state index in [1.165, 1.54) is 0 Å². The van der Waals surface area contributed by atoms with Crippen molar-refractivity contribution in [2.75, 3.05) is 11.1 Å². The molecule has 0 atom stereocenters. The van der Waals surface area contributed by atoms with E-state index in [4.69, 9.17) is 5.73 Å². The number of carbonyl (C=O) groups excluding carboxylic acids is 2. The number of hydrogen-bond acceptors (Lipinski definition) is 4. The predicted octanol–water partition coefficient (Wildman–Crippen LogP) is 3.98. The van der Waals surface area contributed by atoms with Crippen LogP contribution in [0.5, 0.6) is 0 Å². The van der Waals surface area contributed by atoms with E-state index in [1.807, 2.05) is 37.3 Å². The van der Waals surface area contributed by atoms with Gasteiger partial charge in [-0.05, 0) is 67.9 Å². The SMILES string of the molecule is CC(=NNC(=O)c1ccc(NC(=O)c2cccc(C)c2)cc1)c1ccc(N)cc1. The zero-order valence-electron chi connectivity index (χ0n) is 16.3. The number of hydrogen-bond donors (Lipinski definition) is 3. The van der Waals surface area contributed by atoms with Crippen LogP contribution in [0, 0.1) is 6.92 Å². The number of rotatable bonds is 5. The van der Waals surface area contributed by atoms with E-state index in [-0.39, 0.29) is 11.8 Å². The van der Waals surface area contributed by atoms with E-state index in [0.717, 1.165) is 11.1 Å². The maximum atomic E-state index is 12.3. The van der Waals surface area contributed by atoms with Crippen LogP contribution in [0.25, 0.3) is 0 Å². The van der Waals surface area contributed by atoms with Crippen molar-refractivity contribution in [3.05, 3.63) is 95.1 Å². The van der Waals surface area contributed by atoms with Crippen LogP contribution in [-0.2, 0) is 0 Å². The number of aryl methyl sites for hydroxylation is 1. The molecule has 0 saturated heterocycles. The van der Waals surface area contributed by atoms with Crippen LogP contribution in [-0.4, -0.2) is 17.5 Å². The lowest BCUT2D eigenvalue weighted by Crippen LogP contribution is -2.19. The van der Waals surface area contributed by atoms with Crippen LogP contribution in [0.4, 0.5) is 11.4 Å². The highest BCUT2D eigenvalue weighted by Gasteiger charge is 2.08. The minimum absolute atomic E-state index is 0.199. The van der Waals surface area contributed by atoms with Crippen molar-refractivity contribution in [1.82, 2.24) is 5.43 Å². The number of nitrogens with zero attached hydrogens (tertiary/aromatic N) is 1. The maximum absolute atomic E-state index is 12.3. The standard InChI is InChI=1S/C23H22N4O2/c1-15-4-3-5-19(14-15)22(28)25-21-12-8-18(9-13-21)23(29)27-26-16(2)17-6-10-20(24)11-7-17/h3-14H,24H2,1-2H3,(H,25,28)(H,27,29). The Morgan fingerprint density at radius 3 is 2.14 bits per heavy atom. The third-order valence-electron chi connectivity index (χ3n) is 4.34. The smallest absolute Gasteiger partial charge is 0.271 e. The van der Waals surface area contributed by atoms with Gasteiger partial charge >= 0.3 is 0 Å². The normalized spacial score (nSPS) is 11.0. The Hall–Kier alpha value is -3.93. The number of amides is 2. The molecular weight excluding hydrogens is 364 g/mol. The molecule has 0 aliphatic heterocycles. The molecule has 0 aliphatic rings. The van der Waals surface area contributed by atoms with Crippen molar-refractivity contribution in [3.63, 3.8) is 0 Å². The second kappa shape index (κ2) is 8.84. The Morgan fingerprint density at radius 2 is 1.48 bits per heavy atom. The second-order valence-electron chi connectivity index (χ2n) is 6.66. The quantitative estimate of drug-likeness (QED) is 0.351. The Balaban J connectivity index is 1.62. The zero-order chi connectivity index (χ0) is 20.8. The molecular formula is C23H22N4O2. The predicted molar refractivity (Wildman–Crippen MR) is 116 cm³/mol. The fourth-order valence-electron chi connectivity index (χ4n) is 2.68. The molecule has 0 unspecified atom stereocenters. The first-order valence-corrected chi connectivity index (χ1v) is 9.11. The van der Waals surface area contributed by atoms with E-state index in [2.05, 4.69) is 15.8 Å². The number of anilines is 2. The second-order valence-corrected chi connectivity index (χ2v) is 6.66. The number of nitrogen functional groups attached to an aromatic ring is 1. The Bertz CT molecular complexity index is 1050. The molecule has 146 valence electrons. The number of benzene rings is 3. The molecule has 0 spiro atoms. The van der Waals surface area contributed by atoms with Crippen LogP contribution >= 0.6 is 0 Å². The molecule has 0 saturated carbocycles. The summed E-state index contributed by atoms with van der Waals surface area (Å²) >= 11 is 0. The zero-order valence-corrected chi connectivity index (χ0v) is 16.3. The van der Waals surface area contributed by atoms with E-state index in [0.29, 0.717) is 28.2 Å². The van der Waals surface area contributed by atoms with E-state index in [9.17, 15) is 9.59 Å². The first-order chi connectivity index (χ1) is 13.9. The third-order valence-corrected chi connectivity index (χ3v) is 4.34. The number of hydrazone groups is 1. The summed E-state index contributed by atoms with van der Waals surface area (Å²) in [6.45, 7) is 3.73. The van der Waals surface area contributed by atoms with Crippen molar-refractivity contribution in [2.45, 2.75) is 13.8 Å². The minimum Gasteiger partial charge on any atom is -0.399 e. The summed E-state index contributed by atoms with van der Waals surface area (Å²) < 4.78 is 0. The van der Waals surface area contributed by atoms with Gasteiger partial charge in [0.05, 0.1) is 5.71 Å². The van der Waals surface area contributed by atoms with Gasteiger partial charge in [0.15, 0.2) is 0 Å². The molecule has 0 aromatic heterocycles. The summed E-state index contributed by atoms with van der Waals surface area (Å²) in [5, 5.41) is 6.95. The lowest BCUT2D eigenvalue weighted by molar-refractivity contribution is 0.0954. The molecule has 3 aromatic rings. The van der Waals surface area contributed by atoms with Crippen LogP contribution in [0.2, 0.25) is 0 Å². The van der Waals surface area contributed by atoms with Crippen molar-refractivity contribution >= 4 is 28.9 Å². The monoisotopic (exact) mass is 386 g/mol. The topological polar surface area (TPSA) is 96.6 Å². The maximum Gasteiger partial charge on any atom is 0.271 e. The summed E-state index contributed by atoms with van der Waals surface area (Å²) in [5.74, 6) is -0.536. The van der Waals surface area contributed by atoms with Crippen molar-refractivity contribution in [1.29, 1.82) is 0 Å². The highest BCUT2D eigenvalue weighted by molar-refractivity contribution is 6.05. The molecule has 29 heavy (non-hydrogen) atoms. The minimum atomic E-state index is -0.337. The van der Waals surface area contributed by atoms with Crippen molar-refractivity contribution in [3.8, 4) is 0 Å². The molecule has 4 N–H and O–H groups in total. The average Bonchev–Trinajstić information content (AvgIpc) is 2.73. The lowest BCUT2D eigenvalue weighted by atomic mass is 10.1. The van der Waals surface area contributed by atoms with Gasteiger partial charge in [-0.25, -0.2) is 5.43 Å². The van der Waals surface area contributed by atoms with Crippen LogP contribution < -0.4 is 16.5 Å². The van der Waals surface area contributed by atoms with Gasteiger partial charge in [0.2, 0.25) is 0 Å². The molecule has 0 radical (unpaired) electrons. The van der Waals surface area contributed by atoms with Crippen LogP contribution in [0.1, 0.15) is 38.8 Å². The molecule has 0 fully saturated rings. The largest absolute Gasteiger partial charge is 0.399 e. The Morgan fingerprint density at radius 1 is 0.828 bits per heavy atom. The van der Waals surface area contributed by atoms with Gasteiger partial charge in [-0.15, -0.1) is 0 Å². The summed E-state index contributed by atoms with van der Waals surface area (Å²) in [4.78, 5) is 24.6. The number of carbonyl (C=O) groups is 2. The molecule has 0 aliphatic carbocycles. The average molecular weight is 386 g/mol. The highest BCUT2D eigenvalue weighted by atomic mass is 16.2. The van der Waals surface area contributed by atoms with E-state index < -0.39 is 0 Å².